The molecular formula is C49H31NOS. The molecule has 0 saturated heterocycles. The molecule has 1 unspecified atom stereocenters. The molecule has 1 aliphatic heterocycles. The zero-order valence-electron chi connectivity index (χ0n) is 28.2. The number of para-hydroxylation sites is 2. The lowest BCUT2D eigenvalue weighted by molar-refractivity contribution is 0.467. The molecule has 1 atom stereocenters. The highest BCUT2D eigenvalue weighted by Crippen LogP contribution is 2.65. The van der Waals surface area contributed by atoms with Crippen molar-refractivity contribution in [2.24, 2.45) is 5.92 Å². The second kappa shape index (κ2) is 10.5. The van der Waals surface area contributed by atoms with Gasteiger partial charge in [-0.25, -0.2) is 0 Å². The van der Waals surface area contributed by atoms with Gasteiger partial charge in [-0.05, 0) is 106 Å². The van der Waals surface area contributed by atoms with Crippen molar-refractivity contribution in [3.8, 4) is 16.8 Å². The van der Waals surface area contributed by atoms with Crippen LogP contribution in [0.5, 0.6) is 0 Å². The van der Waals surface area contributed by atoms with Crippen molar-refractivity contribution in [2.75, 3.05) is 0 Å². The third-order valence-electron chi connectivity index (χ3n) is 11.9. The highest BCUT2D eigenvalue weighted by molar-refractivity contribution is 7.99. The summed E-state index contributed by atoms with van der Waals surface area (Å²) >= 11 is 1.92. The Kier molecular flexibility index (Phi) is 5.79. The first-order valence-electron chi connectivity index (χ1n) is 18.1. The van der Waals surface area contributed by atoms with E-state index in [1.807, 2.05) is 23.9 Å². The third-order valence-corrected chi connectivity index (χ3v) is 13.1. The van der Waals surface area contributed by atoms with Gasteiger partial charge in [0.15, 0.2) is 0 Å². The maximum absolute atomic E-state index is 6.12. The Morgan fingerprint density at radius 1 is 0.558 bits per heavy atom. The Morgan fingerprint density at radius 3 is 2.08 bits per heavy atom. The van der Waals surface area contributed by atoms with Crippen molar-refractivity contribution in [3.63, 3.8) is 0 Å². The van der Waals surface area contributed by atoms with Crippen LogP contribution in [0.25, 0.3) is 66.1 Å². The van der Waals surface area contributed by atoms with Crippen LogP contribution in [-0.4, -0.2) is 4.57 Å². The van der Waals surface area contributed by atoms with Gasteiger partial charge in [0.2, 0.25) is 0 Å². The number of benzene rings is 7. The number of hydrogen-bond acceptors (Lipinski definition) is 2. The maximum atomic E-state index is 6.12. The van der Waals surface area contributed by atoms with Gasteiger partial charge in [-0.3, -0.25) is 0 Å². The smallest absolute Gasteiger partial charge is 0.135 e. The molecule has 3 aliphatic rings. The first kappa shape index (κ1) is 28.6. The standard InChI is InChI=1S/C49H31NOS/c1-4-14-39-33(11-1)36-28-37-34-12-2-7-17-43(34)50(32-24-21-30(22-25-32)31-23-26-46-38(27-31)35-13-3-8-18-45(35)51-46)44(37)29-42(36)49(39)40-15-5-9-19-47(40)52-48-20-10-6-16-41(48)49/h1-13,15-29,39H,14H2. The van der Waals surface area contributed by atoms with Crippen LogP contribution in [0, 0.1) is 5.92 Å². The number of nitrogens with zero attached hydrogens (tertiary/aromatic N) is 1. The van der Waals surface area contributed by atoms with Crippen molar-refractivity contribution in [3.05, 3.63) is 192 Å². The summed E-state index contributed by atoms with van der Waals surface area (Å²) in [6, 6.07) is 56.2. The van der Waals surface area contributed by atoms with E-state index in [1.54, 1.807) is 0 Å². The lowest BCUT2D eigenvalue weighted by atomic mass is 9.63. The molecule has 0 amide bonds. The third kappa shape index (κ3) is 3.71. The van der Waals surface area contributed by atoms with E-state index < -0.39 is 0 Å². The van der Waals surface area contributed by atoms with Gasteiger partial charge >= 0.3 is 0 Å². The zero-order chi connectivity index (χ0) is 34.0. The molecule has 2 nitrogen and oxygen atoms in total. The van der Waals surface area contributed by atoms with E-state index >= 15 is 0 Å². The van der Waals surface area contributed by atoms with E-state index in [0.717, 1.165) is 34.0 Å². The molecule has 52 heavy (non-hydrogen) atoms. The Morgan fingerprint density at radius 2 is 1.25 bits per heavy atom. The van der Waals surface area contributed by atoms with E-state index in [1.165, 1.54) is 70.6 Å². The minimum absolute atomic E-state index is 0.278. The topological polar surface area (TPSA) is 18.1 Å². The molecule has 244 valence electrons. The average molecular weight is 682 g/mol. The van der Waals surface area contributed by atoms with Gasteiger partial charge in [-0.15, -0.1) is 0 Å². The summed E-state index contributed by atoms with van der Waals surface area (Å²) in [7, 11) is 0. The van der Waals surface area contributed by atoms with Gasteiger partial charge in [0, 0.05) is 42.9 Å². The summed E-state index contributed by atoms with van der Waals surface area (Å²) in [5.41, 5.74) is 14.7. The minimum atomic E-state index is -0.278. The lowest BCUT2D eigenvalue weighted by Gasteiger charge is -2.43. The van der Waals surface area contributed by atoms with E-state index in [4.69, 9.17) is 4.42 Å². The normalized spacial score (nSPS) is 16.7. The molecule has 12 rings (SSSR count). The largest absolute Gasteiger partial charge is 0.456 e. The van der Waals surface area contributed by atoms with Crippen LogP contribution in [0.3, 0.4) is 0 Å². The Bertz CT molecular complexity index is 2980. The van der Waals surface area contributed by atoms with Gasteiger partial charge in [0.05, 0.1) is 16.4 Å². The molecule has 7 aromatic carbocycles. The van der Waals surface area contributed by atoms with Crippen LogP contribution in [0.1, 0.15) is 28.7 Å². The molecule has 0 N–H and O–H groups in total. The van der Waals surface area contributed by atoms with Gasteiger partial charge in [-0.1, -0.05) is 121 Å². The summed E-state index contributed by atoms with van der Waals surface area (Å²) in [6.07, 6.45) is 8.05. The van der Waals surface area contributed by atoms with E-state index in [0.29, 0.717) is 5.92 Å². The van der Waals surface area contributed by atoms with Crippen LogP contribution in [0.15, 0.2) is 184 Å². The van der Waals surface area contributed by atoms with Gasteiger partial charge in [0.1, 0.15) is 11.2 Å². The monoisotopic (exact) mass is 681 g/mol. The van der Waals surface area contributed by atoms with Gasteiger partial charge in [-0.2, -0.15) is 0 Å². The van der Waals surface area contributed by atoms with Crippen molar-refractivity contribution in [1.82, 2.24) is 4.57 Å². The number of hydrogen-bond donors (Lipinski definition) is 0. The number of aromatic nitrogens is 1. The second-order valence-electron chi connectivity index (χ2n) is 14.4. The predicted molar refractivity (Wildman–Crippen MR) is 216 cm³/mol. The SMILES string of the molecule is C1=CCC2C(=C1)c1cc3c4ccccc4n(-c4ccc(-c5ccc6oc7ccccc7c6c5)cc4)c3cc1C21c2ccccc2Sc2ccccc21. The number of furan rings is 1. The molecule has 0 bridgehead atoms. The molecule has 2 aliphatic carbocycles. The van der Waals surface area contributed by atoms with Crippen molar-refractivity contribution in [2.45, 2.75) is 21.6 Å². The molecule has 0 radical (unpaired) electrons. The van der Waals surface area contributed by atoms with Crippen LogP contribution < -0.4 is 0 Å². The molecule has 3 heterocycles. The molecule has 0 saturated carbocycles. The maximum Gasteiger partial charge on any atom is 0.135 e. The highest BCUT2D eigenvalue weighted by atomic mass is 32.2. The Hall–Kier alpha value is -6.03. The van der Waals surface area contributed by atoms with E-state index in [9.17, 15) is 0 Å². The summed E-state index contributed by atoms with van der Waals surface area (Å²) in [5.74, 6) is 0.325. The van der Waals surface area contributed by atoms with E-state index in [2.05, 4.69) is 162 Å². The minimum Gasteiger partial charge on any atom is -0.456 e. The molecule has 9 aromatic rings. The fourth-order valence-corrected chi connectivity index (χ4v) is 11.0. The summed E-state index contributed by atoms with van der Waals surface area (Å²) in [5, 5.41) is 4.89. The molecule has 0 fully saturated rings. The number of rotatable bonds is 2. The second-order valence-corrected chi connectivity index (χ2v) is 15.4. The molecule has 3 heteroatoms. The zero-order valence-corrected chi connectivity index (χ0v) is 29.0. The van der Waals surface area contributed by atoms with Gasteiger partial charge in [0.25, 0.3) is 0 Å². The predicted octanol–water partition coefficient (Wildman–Crippen LogP) is 13.1. The fraction of sp³-hybridized carbons (Fsp3) is 0.0612. The van der Waals surface area contributed by atoms with Crippen LogP contribution >= 0.6 is 11.8 Å². The number of fused-ring (bicyclic) bond motifs is 15. The van der Waals surface area contributed by atoms with E-state index in [-0.39, 0.29) is 5.41 Å². The van der Waals surface area contributed by atoms with Crippen LogP contribution in [0.4, 0.5) is 0 Å². The lowest BCUT2D eigenvalue weighted by Crippen LogP contribution is -2.37. The Labute approximate surface area is 305 Å². The first-order valence-corrected chi connectivity index (χ1v) is 18.9. The highest BCUT2D eigenvalue weighted by Gasteiger charge is 2.55. The quantitative estimate of drug-likeness (QED) is 0.181. The summed E-state index contributed by atoms with van der Waals surface area (Å²) in [4.78, 5) is 2.72. The summed E-state index contributed by atoms with van der Waals surface area (Å²) < 4.78 is 8.61. The van der Waals surface area contributed by atoms with Crippen molar-refractivity contribution in [1.29, 1.82) is 0 Å². The average Bonchev–Trinajstić information content (AvgIpc) is 3.83. The molecule has 1 spiro atoms. The van der Waals surface area contributed by atoms with Crippen molar-refractivity contribution >= 4 is 61.1 Å². The van der Waals surface area contributed by atoms with Crippen LogP contribution in [-0.2, 0) is 5.41 Å². The summed E-state index contributed by atoms with van der Waals surface area (Å²) in [6.45, 7) is 0. The first-order chi connectivity index (χ1) is 25.8. The van der Waals surface area contributed by atoms with Crippen LogP contribution in [0.2, 0.25) is 0 Å². The number of allylic oxidation sites excluding steroid dienone is 4. The molecular weight excluding hydrogens is 651 g/mol. The van der Waals surface area contributed by atoms with Gasteiger partial charge < -0.3 is 8.98 Å². The fourth-order valence-electron chi connectivity index (χ4n) is 9.76. The van der Waals surface area contributed by atoms with Crippen molar-refractivity contribution < 1.29 is 4.42 Å². The molecule has 2 aromatic heterocycles. The Balaban J connectivity index is 1.09.